The number of carbonyl (C=O) groups is 4. The molecule has 0 saturated carbocycles. The summed E-state index contributed by atoms with van der Waals surface area (Å²) < 4.78 is 14.2. The molecule has 3 heterocycles. The van der Waals surface area contributed by atoms with Gasteiger partial charge in [0, 0.05) is 29.8 Å². The van der Waals surface area contributed by atoms with Gasteiger partial charge in [-0.2, -0.15) is 0 Å². The molecular weight excluding hydrogens is 405 g/mol. The summed E-state index contributed by atoms with van der Waals surface area (Å²) in [6.45, 7) is 0.278. The van der Waals surface area contributed by atoms with Crippen molar-refractivity contribution in [2.45, 2.75) is 37.5 Å². The SMILES string of the molecule is NC(=O)[C@H](C[C@@H]1CCNC1=O)NC(=O)[C@@H]1C[C@H](F)CN1C(=O)c1cc2ccccc2[nH]1. The van der Waals surface area contributed by atoms with E-state index in [0.29, 0.717) is 13.0 Å². The van der Waals surface area contributed by atoms with Crippen LogP contribution in [-0.2, 0) is 14.4 Å². The van der Waals surface area contributed by atoms with Crippen LogP contribution in [0.25, 0.3) is 10.9 Å². The first kappa shape index (κ1) is 20.8. The van der Waals surface area contributed by atoms with Crippen LogP contribution in [0.4, 0.5) is 4.39 Å². The number of nitrogens with one attached hydrogen (secondary N) is 3. The van der Waals surface area contributed by atoms with E-state index in [2.05, 4.69) is 15.6 Å². The van der Waals surface area contributed by atoms with E-state index in [9.17, 15) is 23.6 Å². The highest BCUT2D eigenvalue weighted by Crippen LogP contribution is 2.25. The van der Waals surface area contributed by atoms with Gasteiger partial charge in [0.15, 0.2) is 0 Å². The number of nitrogens with zero attached hydrogens (tertiary/aromatic N) is 1. The molecule has 4 rings (SSSR count). The number of nitrogens with two attached hydrogens (primary N) is 1. The van der Waals surface area contributed by atoms with Crippen molar-refractivity contribution >= 4 is 34.5 Å². The van der Waals surface area contributed by atoms with E-state index >= 15 is 0 Å². The maximum Gasteiger partial charge on any atom is 0.271 e. The molecule has 5 N–H and O–H groups in total. The number of rotatable bonds is 6. The third kappa shape index (κ3) is 4.23. The number of halogens is 1. The van der Waals surface area contributed by atoms with E-state index in [1.54, 1.807) is 6.07 Å². The lowest BCUT2D eigenvalue weighted by Gasteiger charge is -2.25. The molecule has 1 aromatic heterocycles. The second kappa shape index (κ2) is 8.37. The lowest BCUT2D eigenvalue weighted by Crippen LogP contribution is -2.53. The van der Waals surface area contributed by atoms with E-state index in [1.807, 2.05) is 24.3 Å². The zero-order valence-electron chi connectivity index (χ0n) is 16.8. The second-order valence-corrected chi connectivity index (χ2v) is 8.05. The molecule has 2 saturated heterocycles. The van der Waals surface area contributed by atoms with Crippen LogP contribution in [0.5, 0.6) is 0 Å². The van der Waals surface area contributed by atoms with Gasteiger partial charge in [-0.1, -0.05) is 18.2 Å². The number of alkyl halides is 1. The molecule has 0 radical (unpaired) electrons. The molecule has 31 heavy (non-hydrogen) atoms. The Balaban J connectivity index is 1.49. The Morgan fingerprint density at radius 1 is 1.29 bits per heavy atom. The molecule has 9 nitrogen and oxygen atoms in total. The van der Waals surface area contributed by atoms with E-state index in [4.69, 9.17) is 5.73 Å². The summed E-state index contributed by atoms with van der Waals surface area (Å²) in [5.74, 6) is -2.56. The van der Waals surface area contributed by atoms with Crippen molar-refractivity contribution in [1.82, 2.24) is 20.5 Å². The fourth-order valence-corrected chi connectivity index (χ4v) is 4.27. The number of fused-ring (bicyclic) bond motifs is 1. The Kier molecular flexibility index (Phi) is 5.62. The molecule has 4 atom stereocenters. The topological polar surface area (TPSA) is 137 Å². The number of aromatic amines is 1. The predicted molar refractivity (Wildman–Crippen MR) is 109 cm³/mol. The minimum atomic E-state index is -1.36. The van der Waals surface area contributed by atoms with Gasteiger partial charge < -0.3 is 26.3 Å². The summed E-state index contributed by atoms with van der Waals surface area (Å²) in [6.07, 6.45) is -0.932. The number of aromatic nitrogens is 1. The van der Waals surface area contributed by atoms with Crippen molar-refractivity contribution in [3.8, 4) is 0 Å². The Labute approximate surface area is 177 Å². The normalized spacial score (nSPS) is 24.2. The average molecular weight is 429 g/mol. The van der Waals surface area contributed by atoms with Crippen LogP contribution in [0.1, 0.15) is 29.8 Å². The third-order valence-electron chi connectivity index (χ3n) is 5.92. The summed E-state index contributed by atoms with van der Waals surface area (Å²) >= 11 is 0. The minimum absolute atomic E-state index is 0.0641. The fourth-order valence-electron chi connectivity index (χ4n) is 4.27. The first-order valence-electron chi connectivity index (χ1n) is 10.2. The highest BCUT2D eigenvalue weighted by atomic mass is 19.1. The standard InChI is InChI=1S/C21H24FN5O4/c22-13-9-17(20(30)26-15(18(23)28)8-12-5-6-24-19(12)29)27(10-13)21(31)16-7-11-3-1-2-4-14(11)25-16/h1-4,7,12-13,15,17,25H,5-6,8-10H2,(H2,23,28)(H,24,29)(H,26,30)/t12-,13-,15-,17-/m0/s1. The molecule has 2 aromatic rings. The number of H-pyrrole nitrogens is 1. The number of likely N-dealkylation sites (tertiary alicyclic amines) is 1. The number of benzene rings is 1. The quantitative estimate of drug-likeness (QED) is 0.522. The van der Waals surface area contributed by atoms with Crippen LogP contribution in [0.3, 0.4) is 0 Å². The van der Waals surface area contributed by atoms with E-state index < -0.39 is 41.9 Å². The zero-order valence-corrected chi connectivity index (χ0v) is 16.8. The third-order valence-corrected chi connectivity index (χ3v) is 5.92. The monoisotopic (exact) mass is 429 g/mol. The minimum Gasteiger partial charge on any atom is -0.368 e. The maximum absolute atomic E-state index is 14.2. The number of carbonyl (C=O) groups excluding carboxylic acids is 4. The molecule has 0 bridgehead atoms. The van der Waals surface area contributed by atoms with E-state index in [0.717, 1.165) is 10.9 Å². The largest absolute Gasteiger partial charge is 0.368 e. The number of amides is 4. The Morgan fingerprint density at radius 3 is 2.74 bits per heavy atom. The van der Waals surface area contributed by atoms with Crippen molar-refractivity contribution in [1.29, 1.82) is 0 Å². The van der Waals surface area contributed by atoms with Crippen LogP contribution in [-0.4, -0.2) is 64.9 Å². The van der Waals surface area contributed by atoms with Crippen molar-refractivity contribution in [2.75, 3.05) is 13.1 Å². The maximum atomic E-state index is 14.2. The number of primary amides is 1. The first-order chi connectivity index (χ1) is 14.8. The van der Waals surface area contributed by atoms with E-state index in [1.165, 1.54) is 4.90 Å². The predicted octanol–water partition coefficient (Wildman–Crippen LogP) is 0.217. The summed E-state index contributed by atoms with van der Waals surface area (Å²) in [4.78, 5) is 53.7. The van der Waals surface area contributed by atoms with E-state index in [-0.39, 0.29) is 31.0 Å². The second-order valence-electron chi connectivity index (χ2n) is 8.05. The van der Waals surface area contributed by atoms with Crippen LogP contribution >= 0.6 is 0 Å². The number of para-hydroxylation sites is 1. The smallest absolute Gasteiger partial charge is 0.271 e. The Morgan fingerprint density at radius 2 is 2.06 bits per heavy atom. The highest BCUT2D eigenvalue weighted by Gasteiger charge is 2.42. The van der Waals surface area contributed by atoms with Crippen molar-refractivity contribution in [2.24, 2.45) is 11.7 Å². The summed E-state index contributed by atoms with van der Waals surface area (Å²) in [5.41, 5.74) is 6.43. The molecular formula is C21H24FN5O4. The molecule has 4 amide bonds. The van der Waals surface area contributed by atoms with Gasteiger partial charge in [-0.05, 0) is 25.0 Å². The lowest BCUT2D eigenvalue weighted by atomic mass is 9.97. The molecule has 2 aliphatic heterocycles. The van der Waals surface area contributed by atoms with Gasteiger partial charge in [-0.3, -0.25) is 19.2 Å². The van der Waals surface area contributed by atoms with Crippen LogP contribution in [0.15, 0.2) is 30.3 Å². The first-order valence-corrected chi connectivity index (χ1v) is 10.2. The van der Waals surface area contributed by atoms with Gasteiger partial charge >= 0.3 is 0 Å². The van der Waals surface area contributed by atoms with Crippen LogP contribution < -0.4 is 16.4 Å². The molecule has 1 aromatic carbocycles. The van der Waals surface area contributed by atoms with Gasteiger partial charge in [-0.25, -0.2) is 4.39 Å². The van der Waals surface area contributed by atoms with Gasteiger partial charge in [-0.15, -0.1) is 0 Å². The number of hydrogen-bond donors (Lipinski definition) is 4. The zero-order chi connectivity index (χ0) is 22.1. The molecule has 0 spiro atoms. The van der Waals surface area contributed by atoms with Gasteiger partial charge in [0.1, 0.15) is 23.9 Å². The molecule has 164 valence electrons. The molecule has 2 fully saturated rings. The summed E-state index contributed by atoms with van der Waals surface area (Å²) in [7, 11) is 0. The van der Waals surface area contributed by atoms with Crippen molar-refractivity contribution in [3.63, 3.8) is 0 Å². The lowest BCUT2D eigenvalue weighted by molar-refractivity contribution is -0.131. The van der Waals surface area contributed by atoms with Crippen LogP contribution in [0, 0.1) is 5.92 Å². The molecule has 0 unspecified atom stereocenters. The van der Waals surface area contributed by atoms with Gasteiger partial charge in [0.25, 0.3) is 5.91 Å². The van der Waals surface area contributed by atoms with Crippen LogP contribution in [0.2, 0.25) is 0 Å². The summed E-state index contributed by atoms with van der Waals surface area (Å²) in [5, 5.41) is 6.02. The van der Waals surface area contributed by atoms with Gasteiger partial charge in [0.2, 0.25) is 17.7 Å². The number of hydrogen-bond acceptors (Lipinski definition) is 4. The highest BCUT2D eigenvalue weighted by molar-refractivity contribution is 6.01. The summed E-state index contributed by atoms with van der Waals surface area (Å²) in [6, 6.07) is 6.82. The Hall–Kier alpha value is -3.43. The average Bonchev–Trinajstić information content (AvgIpc) is 3.45. The molecule has 10 heteroatoms. The van der Waals surface area contributed by atoms with Crippen molar-refractivity contribution in [3.05, 3.63) is 36.0 Å². The Bertz CT molecular complexity index is 1000. The fraction of sp³-hybridized carbons (Fsp3) is 0.429. The van der Waals surface area contributed by atoms with Gasteiger partial charge in [0.05, 0.1) is 6.54 Å². The van der Waals surface area contributed by atoms with Crippen molar-refractivity contribution < 1.29 is 23.6 Å². The molecule has 2 aliphatic rings. The molecule has 0 aliphatic carbocycles.